The molecule has 0 aliphatic rings. The highest BCUT2D eigenvalue weighted by Crippen LogP contribution is 2.33. The standard InChI is InChI=1S/C16H11NO/c1-10-11-6-2-4-8-13(11)17-16-15(10)12-7-3-5-9-14(12)18-16/h2-9H,1H3. The Hall–Kier alpha value is -2.35. The molecule has 0 bridgehead atoms. The van der Waals surface area contributed by atoms with Gasteiger partial charge in [0.1, 0.15) is 5.58 Å². The number of pyridine rings is 1. The van der Waals surface area contributed by atoms with Crippen molar-refractivity contribution in [3.05, 3.63) is 54.1 Å². The summed E-state index contributed by atoms with van der Waals surface area (Å²) >= 11 is 0. The number of fused-ring (bicyclic) bond motifs is 4. The number of aryl methyl sites for hydroxylation is 1. The molecule has 18 heavy (non-hydrogen) atoms. The number of hydrogen-bond donors (Lipinski definition) is 0. The van der Waals surface area contributed by atoms with E-state index in [0.717, 1.165) is 27.6 Å². The lowest BCUT2D eigenvalue weighted by Gasteiger charge is -2.02. The Labute approximate surface area is 104 Å². The minimum atomic E-state index is 0.729. The first kappa shape index (κ1) is 9.66. The van der Waals surface area contributed by atoms with Gasteiger partial charge in [-0.1, -0.05) is 36.4 Å². The van der Waals surface area contributed by atoms with E-state index in [1.807, 2.05) is 36.4 Å². The van der Waals surface area contributed by atoms with Crippen LogP contribution in [0.2, 0.25) is 0 Å². The summed E-state index contributed by atoms with van der Waals surface area (Å²) in [5.41, 5.74) is 3.85. The molecule has 0 unspecified atom stereocenters. The highest BCUT2D eigenvalue weighted by Gasteiger charge is 2.12. The van der Waals surface area contributed by atoms with E-state index in [1.165, 1.54) is 10.9 Å². The molecule has 0 amide bonds. The zero-order valence-corrected chi connectivity index (χ0v) is 9.97. The SMILES string of the molecule is Cc1c2ccccc2nc2oc3ccccc3c12. The lowest BCUT2D eigenvalue weighted by atomic mass is 10.0. The first-order valence-electron chi connectivity index (χ1n) is 6.01. The molecule has 0 aliphatic heterocycles. The van der Waals surface area contributed by atoms with Crippen molar-refractivity contribution in [3.63, 3.8) is 0 Å². The second kappa shape index (κ2) is 3.33. The van der Waals surface area contributed by atoms with E-state index in [-0.39, 0.29) is 0 Å². The molecule has 0 aliphatic carbocycles. The number of benzene rings is 2. The molecule has 2 heteroatoms. The second-order valence-electron chi connectivity index (χ2n) is 4.53. The van der Waals surface area contributed by atoms with Crippen molar-refractivity contribution in [1.29, 1.82) is 0 Å². The topological polar surface area (TPSA) is 26.0 Å². The Balaban J connectivity index is 2.34. The maximum atomic E-state index is 5.83. The molecule has 0 saturated heterocycles. The number of aromatic nitrogens is 1. The molecule has 0 spiro atoms. The van der Waals surface area contributed by atoms with E-state index in [2.05, 4.69) is 24.0 Å². The van der Waals surface area contributed by atoms with Crippen LogP contribution in [0.4, 0.5) is 0 Å². The van der Waals surface area contributed by atoms with Crippen LogP contribution in [0.5, 0.6) is 0 Å². The van der Waals surface area contributed by atoms with E-state index in [0.29, 0.717) is 0 Å². The van der Waals surface area contributed by atoms with Crippen LogP contribution >= 0.6 is 0 Å². The van der Waals surface area contributed by atoms with Crippen LogP contribution in [0.1, 0.15) is 5.56 Å². The lowest BCUT2D eigenvalue weighted by molar-refractivity contribution is 0.656. The van der Waals surface area contributed by atoms with Crippen molar-refractivity contribution in [2.24, 2.45) is 0 Å². The molecule has 0 atom stereocenters. The van der Waals surface area contributed by atoms with Crippen LogP contribution in [0.25, 0.3) is 33.0 Å². The largest absolute Gasteiger partial charge is 0.438 e. The monoisotopic (exact) mass is 233 g/mol. The summed E-state index contributed by atoms with van der Waals surface area (Å²) < 4.78 is 5.83. The minimum absolute atomic E-state index is 0.729. The van der Waals surface area contributed by atoms with Gasteiger partial charge in [0.15, 0.2) is 0 Å². The molecule has 86 valence electrons. The van der Waals surface area contributed by atoms with Gasteiger partial charge >= 0.3 is 0 Å². The van der Waals surface area contributed by atoms with Crippen molar-refractivity contribution in [2.75, 3.05) is 0 Å². The smallest absolute Gasteiger partial charge is 0.228 e. The second-order valence-corrected chi connectivity index (χ2v) is 4.53. The van der Waals surface area contributed by atoms with Gasteiger partial charge in [0.05, 0.1) is 10.9 Å². The average molecular weight is 233 g/mol. The summed E-state index contributed by atoms with van der Waals surface area (Å²) in [6.07, 6.45) is 0. The van der Waals surface area contributed by atoms with Crippen LogP contribution in [0, 0.1) is 6.92 Å². The zero-order valence-electron chi connectivity index (χ0n) is 9.97. The molecule has 2 heterocycles. The van der Waals surface area contributed by atoms with E-state index in [1.54, 1.807) is 0 Å². The maximum absolute atomic E-state index is 5.83. The van der Waals surface area contributed by atoms with Crippen molar-refractivity contribution >= 4 is 33.0 Å². The third kappa shape index (κ3) is 1.15. The van der Waals surface area contributed by atoms with Gasteiger partial charge in [-0.05, 0) is 24.6 Å². The Kier molecular flexibility index (Phi) is 1.78. The van der Waals surface area contributed by atoms with E-state index in [9.17, 15) is 0 Å². The van der Waals surface area contributed by atoms with Crippen LogP contribution in [0.3, 0.4) is 0 Å². The Bertz CT molecular complexity index is 889. The Morgan fingerprint density at radius 3 is 2.50 bits per heavy atom. The third-order valence-corrected chi connectivity index (χ3v) is 3.48. The van der Waals surface area contributed by atoms with Gasteiger partial charge in [-0.2, -0.15) is 0 Å². The average Bonchev–Trinajstić information content (AvgIpc) is 2.77. The van der Waals surface area contributed by atoms with Crippen molar-refractivity contribution in [2.45, 2.75) is 6.92 Å². The molecule has 4 aromatic rings. The molecule has 2 aromatic heterocycles. The Morgan fingerprint density at radius 1 is 0.889 bits per heavy atom. The highest BCUT2D eigenvalue weighted by molar-refractivity contribution is 6.10. The van der Waals surface area contributed by atoms with Crippen molar-refractivity contribution < 1.29 is 4.42 Å². The fourth-order valence-corrected chi connectivity index (χ4v) is 2.61. The van der Waals surface area contributed by atoms with Crippen molar-refractivity contribution in [3.8, 4) is 0 Å². The van der Waals surface area contributed by atoms with Gasteiger partial charge in [-0.15, -0.1) is 0 Å². The maximum Gasteiger partial charge on any atom is 0.228 e. The molecule has 0 fully saturated rings. The first-order chi connectivity index (χ1) is 8.84. The third-order valence-electron chi connectivity index (χ3n) is 3.48. The molecule has 0 saturated carbocycles. The minimum Gasteiger partial charge on any atom is -0.438 e. The highest BCUT2D eigenvalue weighted by atomic mass is 16.3. The summed E-state index contributed by atoms with van der Waals surface area (Å²) in [6.45, 7) is 2.13. The van der Waals surface area contributed by atoms with Crippen LogP contribution in [-0.4, -0.2) is 4.98 Å². The number of para-hydroxylation sites is 2. The number of furan rings is 1. The summed E-state index contributed by atoms with van der Waals surface area (Å²) in [6, 6.07) is 16.3. The molecular weight excluding hydrogens is 222 g/mol. The number of hydrogen-bond acceptors (Lipinski definition) is 2. The molecular formula is C16H11NO. The molecule has 2 nitrogen and oxygen atoms in total. The summed E-state index contributed by atoms with van der Waals surface area (Å²) in [7, 11) is 0. The van der Waals surface area contributed by atoms with Gasteiger partial charge in [-0.25, -0.2) is 4.98 Å². The zero-order chi connectivity index (χ0) is 12.1. The Morgan fingerprint density at radius 2 is 1.61 bits per heavy atom. The predicted molar refractivity (Wildman–Crippen MR) is 73.8 cm³/mol. The molecule has 4 rings (SSSR count). The van der Waals surface area contributed by atoms with Crippen LogP contribution in [0.15, 0.2) is 52.9 Å². The predicted octanol–water partition coefficient (Wildman–Crippen LogP) is 4.44. The van der Waals surface area contributed by atoms with Gasteiger partial charge < -0.3 is 4.42 Å². The van der Waals surface area contributed by atoms with Gasteiger partial charge in [0.25, 0.3) is 0 Å². The fourth-order valence-electron chi connectivity index (χ4n) is 2.61. The van der Waals surface area contributed by atoms with Crippen LogP contribution in [-0.2, 0) is 0 Å². The van der Waals surface area contributed by atoms with E-state index >= 15 is 0 Å². The fraction of sp³-hybridized carbons (Fsp3) is 0.0625. The quantitative estimate of drug-likeness (QED) is 0.448. The van der Waals surface area contributed by atoms with E-state index < -0.39 is 0 Å². The molecule has 2 aromatic carbocycles. The summed E-state index contributed by atoms with van der Waals surface area (Å²) in [5, 5.41) is 3.46. The lowest BCUT2D eigenvalue weighted by Crippen LogP contribution is -1.84. The van der Waals surface area contributed by atoms with Gasteiger partial charge in [0.2, 0.25) is 5.71 Å². The molecule has 0 N–H and O–H groups in total. The van der Waals surface area contributed by atoms with Gasteiger partial charge in [0, 0.05) is 10.8 Å². The summed E-state index contributed by atoms with van der Waals surface area (Å²) in [4.78, 5) is 4.61. The number of nitrogens with zero attached hydrogens (tertiary/aromatic N) is 1. The molecule has 0 radical (unpaired) electrons. The normalized spacial score (nSPS) is 11.6. The summed E-state index contributed by atoms with van der Waals surface area (Å²) in [5.74, 6) is 0. The van der Waals surface area contributed by atoms with Crippen LogP contribution < -0.4 is 0 Å². The van der Waals surface area contributed by atoms with Gasteiger partial charge in [-0.3, -0.25) is 0 Å². The first-order valence-corrected chi connectivity index (χ1v) is 6.01. The number of rotatable bonds is 0. The van der Waals surface area contributed by atoms with E-state index in [4.69, 9.17) is 4.42 Å². The van der Waals surface area contributed by atoms with Crippen molar-refractivity contribution in [1.82, 2.24) is 4.98 Å².